The Morgan fingerprint density at radius 2 is 1.71 bits per heavy atom. The van der Waals surface area contributed by atoms with Crippen molar-refractivity contribution in [2.24, 2.45) is 5.92 Å². The zero-order chi connectivity index (χ0) is 16.0. The molecule has 0 spiro atoms. The summed E-state index contributed by atoms with van der Waals surface area (Å²) in [6.07, 6.45) is 2.20. The highest BCUT2D eigenvalue weighted by Gasteiger charge is 2.56. The fraction of sp³-hybridized carbons (Fsp3) is 0.455. The summed E-state index contributed by atoms with van der Waals surface area (Å²) in [6.45, 7) is 1.62. The van der Waals surface area contributed by atoms with Gasteiger partial charge in [-0.05, 0) is 6.42 Å². The molecule has 4 N–H and O–H groups in total. The van der Waals surface area contributed by atoms with Crippen LogP contribution in [0.5, 0.6) is 0 Å². The Morgan fingerprint density at radius 3 is 2.10 bits per heavy atom. The number of nitrogens with zero attached hydrogens (tertiary/aromatic N) is 3. The molecule has 0 radical (unpaired) electrons. The van der Waals surface area contributed by atoms with Crippen LogP contribution in [-0.4, -0.2) is 53.7 Å². The summed E-state index contributed by atoms with van der Waals surface area (Å²) in [5, 5.41) is 30.0. The quantitative estimate of drug-likeness (QED) is 0.468. The van der Waals surface area contributed by atoms with Gasteiger partial charge < -0.3 is 20.6 Å². The summed E-state index contributed by atoms with van der Waals surface area (Å²) in [7, 11) is 0. The molecule has 114 valence electrons. The lowest BCUT2D eigenvalue weighted by Crippen LogP contribution is -2.61. The summed E-state index contributed by atoms with van der Waals surface area (Å²) < 4.78 is 0. The molecule has 10 nitrogen and oxygen atoms in total. The van der Waals surface area contributed by atoms with Gasteiger partial charge in [-0.25, -0.2) is 24.5 Å². The molecule has 21 heavy (non-hydrogen) atoms. The highest BCUT2D eigenvalue weighted by Crippen LogP contribution is 2.27. The molecule has 1 aromatic heterocycles. The van der Waals surface area contributed by atoms with Crippen molar-refractivity contribution in [3.63, 3.8) is 0 Å². The lowest BCUT2D eigenvalue weighted by Gasteiger charge is -2.31. The third-order valence-corrected chi connectivity index (χ3v) is 2.88. The Morgan fingerprint density at radius 1 is 1.19 bits per heavy atom. The van der Waals surface area contributed by atoms with Gasteiger partial charge in [-0.1, -0.05) is 13.3 Å². The first-order valence-electron chi connectivity index (χ1n) is 5.96. The zero-order valence-electron chi connectivity index (χ0n) is 11.1. The minimum Gasteiger partial charge on any atom is -0.481 e. The number of hydrogen-bond acceptors (Lipinski definition) is 7. The number of carboxylic acids is 3. The Kier molecular flexibility index (Phi) is 5.11. The molecule has 1 rings (SSSR count). The van der Waals surface area contributed by atoms with Crippen molar-refractivity contribution >= 4 is 23.9 Å². The molecule has 1 heterocycles. The SMILES string of the molecule is CCCC(C(=O)O)C(Nc1ncncn1)(C(=O)O)C(=O)O. The monoisotopic (exact) mass is 298 g/mol. The molecule has 0 aliphatic heterocycles. The third kappa shape index (κ3) is 3.22. The second kappa shape index (κ2) is 6.59. The third-order valence-electron chi connectivity index (χ3n) is 2.88. The second-order valence-corrected chi connectivity index (χ2v) is 4.18. The van der Waals surface area contributed by atoms with Crippen molar-refractivity contribution in [1.82, 2.24) is 15.0 Å². The molecule has 1 atom stereocenters. The van der Waals surface area contributed by atoms with Crippen LogP contribution in [-0.2, 0) is 14.4 Å². The highest BCUT2D eigenvalue weighted by molar-refractivity contribution is 6.09. The molecule has 0 fully saturated rings. The number of aromatic nitrogens is 3. The van der Waals surface area contributed by atoms with E-state index in [9.17, 15) is 29.7 Å². The summed E-state index contributed by atoms with van der Waals surface area (Å²) in [4.78, 5) is 45.0. The van der Waals surface area contributed by atoms with Crippen molar-refractivity contribution in [3.8, 4) is 0 Å². The summed E-state index contributed by atoms with van der Waals surface area (Å²) in [5.74, 6) is -7.25. The van der Waals surface area contributed by atoms with Gasteiger partial charge in [0.2, 0.25) is 11.5 Å². The van der Waals surface area contributed by atoms with Gasteiger partial charge in [-0.15, -0.1) is 0 Å². The van der Waals surface area contributed by atoms with E-state index >= 15 is 0 Å². The topological polar surface area (TPSA) is 163 Å². The average Bonchev–Trinajstić information content (AvgIpc) is 2.42. The molecule has 0 aliphatic carbocycles. The normalized spacial score (nSPS) is 12.4. The van der Waals surface area contributed by atoms with E-state index in [1.54, 1.807) is 6.92 Å². The first kappa shape index (κ1) is 16.3. The largest absolute Gasteiger partial charge is 0.481 e. The van der Waals surface area contributed by atoms with E-state index in [0.29, 0.717) is 0 Å². The standard InChI is InChI=1S/C11H14N4O6/c1-2-3-6(7(16)17)11(8(18)19,9(20)21)15-10-13-4-12-5-14-10/h4-6H,2-3H2,1H3,(H,16,17)(H,18,19)(H,20,21)(H,12,13,14,15). The van der Waals surface area contributed by atoms with Gasteiger partial charge in [-0.3, -0.25) is 4.79 Å². The van der Waals surface area contributed by atoms with Crippen molar-refractivity contribution < 1.29 is 29.7 Å². The molecule has 0 aromatic carbocycles. The molecule has 10 heteroatoms. The number of anilines is 1. The van der Waals surface area contributed by atoms with E-state index in [2.05, 4.69) is 20.3 Å². The first-order chi connectivity index (χ1) is 9.86. The minimum absolute atomic E-state index is 0.147. The van der Waals surface area contributed by atoms with E-state index in [1.165, 1.54) is 0 Å². The predicted octanol–water partition coefficient (Wildman–Crippen LogP) is -0.308. The van der Waals surface area contributed by atoms with E-state index in [1.807, 2.05) is 0 Å². The van der Waals surface area contributed by atoms with Gasteiger partial charge in [0.1, 0.15) is 18.6 Å². The second-order valence-electron chi connectivity index (χ2n) is 4.18. The number of rotatable bonds is 8. The van der Waals surface area contributed by atoms with Crippen LogP contribution in [0.4, 0.5) is 5.95 Å². The average molecular weight is 298 g/mol. The summed E-state index contributed by atoms with van der Waals surface area (Å²) >= 11 is 0. The van der Waals surface area contributed by atoms with Gasteiger partial charge in [0.05, 0.1) is 0 Å². The summed E-state index contributed by atoms with van der Waals surface area (Å²) in [6, 6.07) is 0. The maximum absolute atomic E-state index is 11.5. The molecule has 0 saturated heterocycles. The molecular formula is C11H14N4O6. The number of carbonyl (C=O) groups is 3. The minimum atomic E-state index is -2.77. The van der Waals surface area contributed by atoms with Gasteiger partial charge in [-0.2, -0.15) is 0 Å². The number of nitrogens with one attached hydrogen (secondary N) is 1. The molecule has 1 aromatic rings. The van der Waals surface area contributed by atoms with Crippen LogP contribution < -0.4 is 5.32 Å². The maximum Gasteiger partial charge on any atom is 0.342 e. The lowest BCUT2D eigenvalue weighted by molar-refractivity contribution is -0.165. The van der Waals surface area contributed by atoms with Crippen molar-refractivity contribution in [3.05, 3.63) is 12.7 Å². The molecule has 0 bridgehead atoms. The molecule has 0 amide bonds. The molecule has 0 saturated carbocycles. The summed E-state index contributed by atoms with van der Waals surface area (Å²) in [5.41, 5.74) is -2.77. The van der Waals surface area contributed by atoms with Crippen molar-refractivity contribution in [2.75, 3.05) is 5.32 Å². The van der Waals surface area contributed by atoms with Crippen LogP contribution in [0.1, 0.15) is 19.8 Å². The number of hydrogen-bond donors (Lipinski definition) is 4. The Balaban J connectivity index is 3.36. The fourth-order valence-corrected chi connectivity index (χ4v) is 1.88. The van der Waals surface area contributed by atoms with Crippen LogP contribution in [0.2, 0.25) is 0 Å². The van der Waals surface area contributed by atoms with E-state index < -0.39 is 29.4 Å². The Bertz CT molecular complexity index is 521. The fourth-order valence-electron chi connectivity index (χ4n) is 1.88. The lowest BCUT2D eigenvalue weighted by atomic mass is 9.80. The van der Waals surface area contributed by atoms with Crippen LogP contribution in [0.15, 0.2) is 12.7 Å². The molecule has 0 aliphatic rings. The maximum atomic E-state index is 11.5. The van der Waals surface area contributed by atoms with Crippen molar-refractivity contribution in [1.29, 1.82) is 0 Å². The number of aliphatic carboxylic acids is 3. The predicted molar refractivity (Wildman–Crippen MR) is 67.5 cm³/mol. The first-order valence-corrected chi connectivity index (χ1v) is 5.96. The van der Waals surface area contributed by atoms with Gasteiger partial charge >= 0.3 is 17.9 Å². The Hall–Kier alpha value is -2.78. The van der Waals surface area contributed by atoms with Crippen LogP contribution >= 0.6 is 0 Å². The van der Waals surface area contributed by atoms with Gasteiger partial charge in [0, 0.05) is 0 Å². The van der Waals surface area contributed by atoms with E-state index in [0.717, 1.165) is 12.7 Å². The smallest absolute Gasteiger partial charge is 0.342 e. The molecule has 1 unspecified atom stereocenters. The van der Waals surface area contributed by atoms with Crippen molar-refractivity contribution in [2.45, 2.75) is 25.3 Å². The van der Waals surface area contributed by atoms with E-state index in [4.69, 9.17) is 0 Å². The van der Waals surface area contributed by atoms with Crippen LogP contribution in [0, 0.1) is 5.92 Å². The van der Waals surface area contributed by atoms with Gasteiger partial charge in [0.15, 0.2) is 0 Å². The zero-order valence-corrected chi connectivity index (χ0v) is 11.1. The number of carboxylic acid groups (broad SMARTS) is 3. The van der Waals surface area contributed by atoms with Crippen LogP contribution in [0.25, 0.3) is 0 Å². The van der Waals surface area contributed by atoms with Gasteiger partial charge in [0.25, 0.3) is 0 Å². The van der Waals surface area contributed by atoms with E-state index in [-0.39, 0.29) is 18.8 Å². The Labute approximate surface area is 118 Å². The highest BCUT2D eigenvalue weighted by atomic mass is 16.4. The van der Waals surface area contributed by atoms with Crippen LogP contribution in [0.3, 0.4) is 0 Å². The molecular weight excluding hydrogens is 284 g/mol.